The van der Waals surface area contributed by atoms with Crippen molar-refractivity contribution in [2.75, 3.05) is 10.2 Å². The van der Waals surface area contributed by atoms with Crippen LogP contribution in [0.5, 0.6) is 0 Å². The number of carbonyl (C=O) groups is 3. The monoisotopic (exact) mass is 567 g/mol. The molecule has 0 radical (unpaired) electrons. The molecule has 3 amide bonds. The molecule has 1 aliphatic rings. The van der Waals surface area contributed by atoms with Gasteiger partial charge in [0.05, 0.1) is 35.6 Å². The number of benzene rings is 3. The largest absolute Gasteiger partial charge is 0.389 e. The summed E-state index contributed by atoms with van der Waals surface area (Å²) in [5.41, 5.74) is 6.36. The Morgan fingerprint density at radius 2 is 1.80 bits per heavy atom. The maximum atomic E-state index is 14.8. The first kappa shape index (κ1) is 29.1. The van der Waals surface area contributed by atoms with Crippen LogP contribution in [0.1, 0.15) is 36.3 Å². The molecule has 0 spiro atoms. The number of rotatable bonds is 8. The van der Waals surface area contributed by atoms with E-state index in [0.29, 0.717) is 5.69 Å². The van der Waals surface area contributed by atoms with Crippen LogP contribution in [0.4, 0.5) is 34.6 Å². The topological polar surface area (TPSA) is 128 Å². The number of nitrogens with two attached hydrogens (primary N) is 1. The Labute approximate surface area is 232 Å². The number of primary amides is 1. The van der Waals surface area contributed by atoms with Gasteiger partial charge in [0.15, 0.2) is 0 Å². The molecule has 12 heteroatoms. The molecule has 41 heavy (non-hydrogen) atoms. The number of hydrogen-bond donors (Lipinski definition) is 3. The standard InChI is InChI=1S/C29H25F4N5O3/c30-21-10-5-11-22-26(21)37-24(39)15-23(38(22)19-9-4-6-17(14-19)16-34)36-28(41)20(12-13-29(31,32)33)25(27(35)40)18-7-2-1-3-8-18/h1-11,14,20,23,25H,12-13,15H2,(H2,35,40)(H,36,41)(H,37,39)/t20-,23?,25-/m1/s1. The van der Waals surface area contributed by atoms with Crippen LogP contribution < -0.4 is 21.3 Å². The van der Waals surface area contributed by atoms with Crippen LogP contribution in [-0.4, -0.2) is 30.1 Å². The van der Waals surface area contributed by atoms with Gasteiger partial charge in [0, 0.05) is 12.1 Å². The second-order valence-electron chi connectivity index (χ2n) is 9.49. The van der Waals surface area contributed by atoms with Crippen molar-refractivity contribution in [3.8, 4) is 6.07 Å². The van der Waals surface area contributed by atoms with Crippen molar-refractivity contribution in [2.45, 2.75) is 37.5 Å². The van der Waals surface area contributed by atoms with E-state index in [1.807, 2.05) is 6.07 Å². The lowest BCUT2D eigenvalue weighted by atomic mass is 9.81. The lowest BCUT2D eigenvalue weighted by molar-refractivity contribution is -0.144. The SMILES string of the molecule is N#Cc1cccc(N2c3cccc(F)c3NC(=O)CC2NC(=O)[C@H](CCC(F)(F)F)[C@H](C(N)=O)c2ccccc2)c1. The van der Waals surface area contributed by atoms with Gasteiger partial charge in [-0.25, -0.2) is 4.39 Å². The van der Waals surface area contributed by atoms with E-state index in [0.717, 1.165) is 6.07 Å². The predicted octanol–water partition coefficient (Wildman–Crippen LogP) is 4.85. The van der Waals surface area contributed by atoms with E-state index in [1.165, 1.54) is 41.3 Å². The molecular formula is C29H25F4N5O3. The van der Waals surface area contributed by atoms with E-state index in [1.54, 1.807) is 30.3 Å². The zero-order chi connectivity index (χ0) is 29.7. The van der Waals surface area contributed by atoms with E-state index in [2.05, 4.69) is 10.6 Å². The van der Waals surface area contributed by atoms with Gasteiger partial charge in [-0.1, -0.05) is 42.5 Å². The first-order valence-electron chi connectivity index (χ1n) is 12.6. The second kappa shape index (κ2) is 12.1. The van der Waals surface area contributed by atoms with Crippen LogP contribution in [0.15, 0.2) is 72.8 Å². The van der Waals surface area contributed by atoms with Gasteiger partial charge < -0.3 is 21.3 Å². The number of nitrogens with one attached hydrogen (secondary N) is 2. The van der Waals surface area contributed by atoms with Crippen LogP contribution in [0.25, 0.3) is 0 Å². The maximum absolute atomic E-state index is 14.8. The number of amides is 3. The molecule has 0 bridgehead atoms. The fourth-order valence-electron chi connectivity index (χ4n) is 4.92. The number of anilines is 3. The Balaban J connectivity index is 1.79. The molecule has 0 saturated carbocycles. The quantitative estimate of drug-likeness (QED) is 0.336. The van der Waals surface area contributed by atoms with E-state index in [9.17, 15) is 37.2 Å². The van der Waals surface area contributed by atoms with Crippen LogP contribution in [0, 0.1) is 23.1 Å². The number of nitriles is 1. The number of nitrogens with zero attached hydrogens (tertiary/aromatic N) is 2. The minimum atomic E-state index is -4.63. The van der Waals surface area contributed by atoms with Crippen molar-refractivity contribution in [1.82, 2.24) is 5.32 Å². The second-order valence-corrected chi connectivity index (χ2v) is 9.49. The van der Waals surface area contributed by atoms with E-state index in [4.69, 9.17) is 5.73 Å². The highest BCUT2D eigenvalue weighted by Crippen LogP contribution is 2.39. The fraction of sp³-hybridized carbons (Fsp3) is 0.241. The summed E-state index contributed by atoms with van der Waals surface area (Å²) in [6.07, 6.45) is -8.42. The van der Waals surface area contributed by atoms with Crippen LogP contribution in [0.2, 0.25) is 0 Å². The average Bonchev–Trinajstić information content (AvgIpc) is 3.06. The summed E-state index contributed by atoms with van der Waals surface area (Å²) < 4.78 is 54.7. The first-order chi connectivity index (χ1) is 19.5. The van der Waals surface area contributed by atoms with Crippen molar-refractivity contribution < 1.29 is 31.9 Å². The van der Waals surface area contributed by atoms with E-state index < -0.39 is 67.0 Å². The molecule has 1 heterocycles. The highest BCUT2D eigenvalue weighted by molar-refractivity contribution is 5.99. The summed E-state index contributed by atoms with van der Waals surface area (Å²) >= 11 is 0. The zero-order valence-corrected chi connectivity index (χ0v) is 21.5. The summed E-state index contributed by atoms with van der Waals surface area (Å²) in [5.74, 6) is -6.35. The summed E-state index contributed by atoms with van der Waals surface area (Å²) in [5, 5.41) is 14.5. The molecule has 0 saturated heterocycles. The molecule has 212 valence electrons. The van der Waals surface area contributed by atoms with Crippen LogP contribution in [0.3, 0.4) is 0 Å². The Morgan fingerprint density at radius 3 is 2.46 bits per heavy atom. The highest BCUT2D eigenvalue weighted by atomic mass is 19.4. The summed E-state index contributed by atoms with van der Waals surface area (Å²) in [7, 11) is 0. The minimum absolute atomic E-state index is 0.137. The van der Waals surface area contributed by atoms with E-state index >= 15 is 0 Å². The smallest absolute Gasteiger partial charge is 0.369 e. The molecule has 3 aromatic carbocycles. The molecule has 3 aromatic rings. The van der Waals surface area contributed by atoms with Gasteiger partial charge in [0.25, 0.3) is 0 Å². The van der Waals surface area contributed by atoms with Gasteiger partial charge >= 0.3 is 6.18 Å². The van der Waals surface area contributed by atoms with Crippen molar-refractivity contribution in [1.29, 1.82) is 5.26 Å². The molecule has 3 atom stereocenters. The third kappa shape index (κ3) is 6.81. The third-order valence-corrected chi connectivity index (χ3v) is 6.71. The van der Waals surface area contributed by atoms with Crippen molar-refractivity contribution >= 4 is 34.8 Å². The van der Waals surface area contributed by atoms with Gasteiger partial charge in [-0.3, -0.25) is 14.4 Å². The Hall–Kier alpha value is -4.92. The van der Waals surface area contributed by atoms with Crippen LogP contribution in [-0.2, 0) is 14.4 Å². The molecule has 4 rings (SSSR count). The van der Waals surface area contributed by atoms with Gasteiger partial charge in [0.2, 0.25) is 17.7 Å². The first-order valence-corrected chi connectivity index (χ1v) is 12.6. The van der Waals surface area contributed by atoms with Gasteiger partial charge in [-0.15, -0.1) is 0 Å². The molecule has 1 unspecified atom stereocenters. The maximum Gasteiger partial charge on any atom is 0.389 e. The number of fused-ring (bicyclic) bond motifs is 1. The fourth-order valence-corrected chi connectivity index (χ4v) is 4.92. The number of alkyl halides is 3. The zero-order valence-electron chi connectivity index (χ0n) is 21.5. The Morgan fingerprint density at radius 1 is 1.10 bits per heavy atom. The third-order valence-electron chi connectivity index (χ3n) is 6.71. The lowest BCUT2D eigenvalue weighted by Gasteiger charge is -2.35. The number of hydrogen-bond acceptors (Lipinski definition) is 5. The lowest BCUT2D eigenvalue weighted by Crippen LogP contribution is -2.50. The van der Waals surface area contributed by atoms with Crippen molar-refractivity contribution in [3.63, 3.8) is 0 Å². The highest BCUT2D eigenvalue weighted by Gasteiger charge is 2.40. The number of para-hydroxylation sites is 1. The summed E-state index contributed by atoms with van der Waals surface area (Å²) in [6, 6.07) is 19.8. The molecule has 4 N–H and O–H groups in total. The molecule has 0 aromatic heterocycles. The van der Waals surface area contributed by atoms with Crippen LogP contribution >= 0.6 is 0 Å². The summed E-state index contributed by atoms with van der Waals surface area (Å²) in [4.78, 5) is 40.6. The summed E-state index contributed by atoms with van der Waals surface area (Å²) in [6.45, 7) is 0. The molecule has 0 aliphatic carbocycles. The predicted molar refractivity (Wildman–Crippen MR) is 142 cm³/mol. The molecule has 0 fully saturated rings. The normalized spacial score (nSPS) is 16.4. The number of halogens is 4. The Kier molecular flexibility index (Phi) is 8.56. The van der Waals surface area contributed by atoms with Gasteiger partial charge in [-0.05, 0) is 42.3 Å². The molecule has 1 aliphatic heterocycles. The van der Waals surface area contributed by atoms with E-state index in [-0.39, 0.29) is 22.5 Å². The van der Waals surface area contributed by atoms with Gasteiger partial charge in [-0.2, -0.15) is 18.4 Å². The van der Waals surface area contributed by atoms with Crippen molar-refractivity contribution in [2.24, 2.45) is 11.7 Å². The molecular weight excluding hydrogens is 542 g/mol. The Bertz CT molecular complexity index is 1490. The molecule has 8 nitrogen and oxygen atoms in total. The minimum Gasteiger partial charge on any atom is -0.369 e. The number of carbonyl (C=O) groups excluding carboxylic acids is 3. The van der Waals surface area contributed by atoms with Gasteiger partial charge in [0.1, 0.15) is 17.7 Å². The average molecular weight is 568 g/mol. The van der Waals surface area contributed by atoms with Crippen molar-refractivity contribution in [3.05, 3.63) is 89.7 Å².